The van der Waals surface area contributed by atoms with Crippen LogP contribution in [0.4, 0.5) is 5.69 Å². The lowest BCUT2D eigenvalue weighted by Crippen LogP contribution is -2.76. The van der Waals surface area contributed by atoms with Gasteiger partial charge in [-0.25, -0.2) is 19.5 Å². The second kappa shape index (κ2) is 55.5. The number of aromatic amines is 1. The largest absolute Gasteiger partial charge is 0.487 e. The summed E-state index contributed by atoms with van der Waals surface area (Å²) in [6.45, 7) is 9.31. The van der Waals surface area contributed by atoms with Crippen LogP contribution in [0.2, 0.25) is 5.02 Å². The Morgan fingerprint density at radius 2 is 1.24 bits per heavy atom. The van der Waals surface area contributed by atoms with Crippen molar-refractivity contribution < 1.29 is 106 Å². The molecule has 1 aromatic heterocycles. The number of aliphatic hydroxyl groups excluding tert-OH is 2. The number of nitrogens with zero attached hydrogens (tertiary/aromatic N) is 4. The van der Waals surface area contributed by atoms with E-state index in [1.165, 1.54) is 25.1 Å². The summed E-state index contributed by atoms with van der Waals surface area (Å²) in [6, 6.07) is -0.566. The number of ether oxygens (including phenoxy) is 2. The number of aliphatic hydroxyl groups is 2. The Bertz CT molecular complexity index is 4700. The highest BCUT2D eigenvalue weighted by Crippen LogP contribution is 2.70. The SMILES string of the molecule is [C-]#[N+]/C=C/c1ccc(C2(OC)OOC23C2CC4CC(C2)CC3C4)c(Cl)c1OCc1ccc(NC(=O)[C@H](CCC(N)=O)NC(=O)[C@@H](CC(=O)[C@H](CCCCN)NC(=O)[C@H](CO)CC(=O)[C@H](CO)NC(=O)[C@H](Cc2cnc[nH]2)NC(=O)CCCCCN2C(=O)CC(SC[C@@H](N)C(=O)NCC(=O)N[C@H](CCCCN)C(=O)N[C@H](CCCN=C(N)N)C(=O)N[C@H](CCCCN)C(=O)O)C2=O)CC(C)C)cc1. The van der Waals surface area contributed by atoms with Crippen LogP contribution in [0.1, 0.15) is 203 Å². The number of thioether (sulfide) groups is 1. The molecule has 2 unspecified atom stereocenters. The Kier molecular flexibility index (Phi) is 45.0. The number of benzene rings is 2. The van der Waals surface area contributed by atoms with Crippen molar-refractivity contribution in [1.82, 2.24) is 57.4 Å². The minimum atomic E-state index is -1.69. The quantitative estimate of drug-likeness (QED) is 0.00932. The standard InChI is InChI=1S/C92H136ClN21O22S/c1-52(2)35-57(81(123)110-68(26-27-75(98)119)84(126)106-61-23-20-53(21-24-61)49-134-80-56(28-33-101-3)22-25-63(79(80)93)92(133-4)91(135-136-92)59-37-54-36-55(39-59)40-60(91)38-54)41-72(117)65(15-7-10-29-94)109-82(124)58(47-115)42-73(118)71(48-116)113-87(129)70(43-62-45-102-51-105-62)108-76(120)19-6-5-13-34-114-78(122)44-74(88(114)130)137-50-64(97)83(125)104-46-77(121)107-66(16-8-11-30-95)85(127)111-67(18-14-32-103-90(99)100)86(128)112-69(89(131)132)17-9-12-31-96/h20-25,28,33,45,51-52,54-55,57-60,64-71,74,115-116H,5-19,26-27,29-32,34-44,46-50,94-97H2,1-2,4H3,(H2,98,119)(H,102,105)(H,104,125)(H,106,126)(H,107,121)(H,108,120)(H,109,124)(H,110,123)(H,111,127)(H,112,128)(H,113,129)(H,131,132)(H4,99,100,103)/b33-28+/t54?,55?,57-,58+,59?,60?,64-,65+,66-,67-,68+,69-,70+,71+,74?,91?,92?/m1/s1. The number of H-pyrrole nitrogens is 1. The number of unbranched alkanes of at least 4 members (excludes halogenated alkanes) is 5. The molecule has 4 saturated carbocycles. The van der Waals surface area contributed by atoms with E-state index in [9.17, 15) is 87.2 Å². The minimum Gasteiger partial charge on any atom is -0.487 e. The summed E-state index contributed by atoms with van der Waals surface area (Å²) in [5.74, 6) is -14.3. The van der Waals surface area contributed by atoms with Gasteiger partial charge in [0.1, 0.15) is 48.6 Å². The molecule has 45 heteroatoms. The predicted molar refractivity (Wildman–Crippen MR) is 505 cm³/mol. The summed E-state index contributed by atoms with van der Waals surface area (Å²) in [5.41, 5.74) is 41.4. The Labute approximate surface area is 805 Å². The first-order valence-electron chi connectivity index (χ1n) is 46.9. The van der Waals surface area contributed by atoms with Crippen LogP contribution in [-0.2, 0) is 105 Å². The third-order valence-corrected chi connectivity index (χ3v) is 27.1. The van der Waals surface area contributed by atoms with Gasteiger partial charge >= 0.3 is 5.97 Å². The first kappa shape index (κ1) is 111. The van der Waals surface area contributed by atoms with Crippen LogP contribution in [0, 0.1) is 48.0 Å². The number of amides is 12. The zero-order valence-electron chi connectivity index (χ0n) is 77.9. The van der Waals surface area contributed by atoms with Gasteiger partial charge in [0.25, 0.3) is 5.79 Å². The monoisotopic (exact) mass is 1950 g/mol. The lowest BCUT2D eigenvalue weighted by molar-refractivity contribution is -0.645. The number of methoxy groups -OCH3 is 1. The van der Waals surface area contributed by atoms with Crippen LogP contribution in [-0.4, -0.2) is 249 Å². The van der Waals surface area contributed by atoms with E-state index in [1.807, 2.05) is 19.9 Å². The van der Waals surface area contributed by atoms with E-state index < -0.39 is 198 Å². The van der Waals surface area contributed by atoms with Gasteiger partial charge in [0.05, 0.1) is 60.9 Å². The molecular formula is C92H136ClN21O22S. The molecule has 6 fully saturated rings. The number of guanidine groups is 1. The van der Waals surface area contributed by atoms with Crippen molar-refractivity contribution in [2.24, 2.45) is 86.6 Å². The molecule has 2 aromatic carbocycles. The predicted octanol–water partition coefficient (Wildman–Crippen LogP) is 0.900. The molecule has 2 saturated heterocycles. The number of carbonyl (C=O) groups is 15. The molecule has 43 nitrogen and oxygen atoms in total. The summed E-state index contributed by atoms with van der Waals surface area (Å²) in [6.07, 6.45) is 12.2. The topological polar surface area (TPSA) is 693 Å². The average Bonchev–Trinajstić information content (AvgIpc) is 0.942. The molecule has 2 aliphatic heterocycles. The van der Waals surface area contributed by atoms with E-state index in [0.717, 1.165) is 42.3 Å². The van der Waals surface area contributed by atoms with Crippen molar-refractivity contribution in [1.29, 1.82) is 0 Å². The molecule has 1 spiro atoms. The molecule has 9 rings (SSSR count). The molecule has 12 atom stereocenters. The highest BCUT2D eigenvalue weighted by molar-refractivity contribution is 8.00. The van der Waals surface area contributed by atoms with Gasteiger partial charge in [-0.05, 0) is 195 Å². The van der Waals surface area contributed by atoms with Crippen LogP contribution in [0.5, 0.6) is 5.75 Å². The Morgan fingerprint density at radius 1 is 0.664 bits per heavy atom. The van der Waals surface area contributed by atoms with E-state index in [2.05, 4.69) is 67.7 Å². The Hall–Kier alpha value is -11.1. The van der Waals surface area contributed by atoms with Crippen molar-refractivity contribution >= 4 is 130 Å². The fourth-order valence-electron chi connectivity index (χ4n) is 18.4. The van der Waals surface area contributed by atoms with Gasteiger partial charge in [-0.3, -0.25) is 77.0 Å². The number of hydrogen-bond donors (Lipinski definition) is 20. The zero-order chi connectivity index (χ0) is 100. The van der Waals surface area contributed by atoms with Crippen molar-refractivity contribution in [3.05, 3.63) is 93.9 Å². The van der Waals surface area contributed by atoms with Gasteiger partial charge in [0.2, 0.25) is 70.9 Å². The normalized spacial score (nSPS) is 20.7. The molecule has 6 aliphatic rings. The number of carboxylic acid groups (broad SMARTS) is 1. The summed E-state index contributed by atoms with van der Waals surface area (Å²) >= 11 is 8.29. The number of aliphatic carboxylic acids is 1. The average molecular weight is 1960 g/mol. The second-order valence-corrected chi connectivity index (χ2v) is 37.7. The number of aliphatic imine (C=N–C) groups is 1. The number of anilines is 1. The number of Topliss-reactive ketones (excluding diaryl/α,β-unsaturated/α-hetero) is 2. The molecule has 754 valence electrons. The maximum atomic E-state index is 14.6. The van der Waals surface area contributed by atoms with Crippen LogP contribution < -0.4 is 92.7 Å². The molecule has 4 aliphatic carbocycles. The van der Waals surface area contributed by atoms with Gasteiger partial charge in [0.15, 0.2) is 29.3 Å². The molecule has 137 heavy (non-hydrogen) atoms. The number of primary amides is 1. The Morgan fingerprint density at radius 3 is 1.82 bits per heavy atom. The van der Waals surface area contributed by atoms with Crippen molar-refractivity contribution in [2.75, 3.05) is 70.7 Å². The van der Waals surface area contributed by atoms with Crippen LogP contribution in [0.15, 0.2) is 60.1 Å². The van der Waals surface area contributed by atoms with Crippen LogP contribution in [0.3, 0.4) is 0 Å². The van der Waals surface area contributed by atoms with E-state index in [0.29, 0.717) is 91.4 Å². The van der Waals surface area contributed by atoms with E-state index in [4.69, 9.17) is 77.6 Å². The number of halogens is 1. The smallest absolute Gasteiger partial charge is 0.326 e. The number of nitrogens with one attached hydrogen (secondary N) is 10. The third-order valence-electron chi connectivity index (χ3n) is 25.4. The van der Waals surface area contributed by atoms with Gasteiger partial charge in [-0.1, -0.05) is 62.2 Å². The third kappa shape index (κ3) is 32.2. The number of carbonyl (C=O) groups excluding carboxylic acids is 14. The number of imide groups is 1. The highest BCUT2D eigenvalue weighted by Gasteiger charge is 2.77. The number of carboxylic acids is 1. The van der Waals surface area contributed by atoms with Crippen molar-refractivity contribution in [3.8, 4) is 5.75 Å². The number of imidazole rings is 1. The van der Waals surface area contributed by atoms with Crippen molar-refractivity contribution in [3.63, 3.8) is 0 Å². The molecule has 3 heterocycles. The number of hydrogen-bond acceptors (Lipinski definition) is 28. The maximum absolute atomic E-state index is 14.6. The molecule has 12 amide bonds. The zero-order valence-corrected chi connectivity index (χ0v) is 79.5. The molecule has 0 radical (unpaired) electrons. The first-order valence-corrected chi connectivity index (χ1v) is 48.3. The fourth-order valence-corrected chi connectivity index (χ4v) is 19.9. The minimum absolute atomic E-state index is 0.00966. The first-order chi connectivity index (χ1) is 65.6. The van der Waals surface area contributed by atoms with E-state index in [1.54, 1.807) is 43.5 Å². The lowest BCUT2D eigenvalue weighted by Gasteiger charge is -2.68. The fraction of sp³-hybridized carbons (Fsp3) is 0.630. The summed E-state index contributed by atoms with van der Waals surface area (Å²) in [5, 5.41) is 53.6. The van der Waals surface area contributed by atoms with Gasteiger partial charge in [-0.15, -0.1) is 11.8 Å². The Balaban J connectivity index is 0.793. The number of rotatable bonds is 64. The van der Waals surface area contributed by atoms with E-state index >= 15 is 0 Å². The van der Waals surface area contributed by atoms with E-state index in [-0.39, 0.29) is 156 Å². The number of likely N-dealkylation sites (tertiary alicyclic amines) is 1. The number of aromatic nitrogens is 2. The maximum Gasteiger partial charge on any atom is 0.326 e. The lowest BCUT2D eigenvalue weighted by atomic mass is 9.47. The van der Waals surface area contributed by atoms with Crippen LogP contribution >= 0.6 is 23.4 Å². The van der Waals surface area contributed by atoms with Gasteiger partial charge in [-0.2, -0.15) is 4.89 Å². The van der Waals surface area contributed by atoms with Gasteiger partial charge < -0.3 is 118 Å². The van der Waals surface area contributed by atoms with Crippen LogP contribution in [0.25, 0.3) is 10.9 Å². The molecule has 4 bridgehead atoms. The summed E-state index contributed by atoms with van der Waals surface area (Å²) in [4.78, 5) is 231. The summed E-state index contributed by atoms with van der Waals surface area (Å²) in [7, 11) is 1.59. The number of nitrogens with two attached hydrogens (primary N) is 7. The molecule has 27 N–H and O–H groups in total. The second-order valence-electron chi connectivity index (χ2n) is 36.1. The van der Waals surface area contributed by atoms with Gasteiger partial charge in [0, 0.05) is 99.1 Å². The number of ketones is 2. The highest BCUT2D eigenvalue weighted by atomic mass is 35.5. The molecular weight excluding hydrogens is 1820 g/mol. The summed E-state index contributed by atoms with van der Waals surface area (Å²) < 4.78 is 12.8. The van der Waals surface area contributed by atoms with Crippen molar-refractivity contribution in [2.45, 2.75) is 259 Å². The molecule has 3 aromatic rings.